The summed E-state index contributed by atoms with van der Waals surface area (Å²) in [5.74, 6) is 1.87. The molecular weight excluding hydrogens is 172 g/mol. The molecule has 0 radical (unpaired) electrons. The van der Waals surface area contributed by atoms with Crippen molar-refractivity contribution >= 4 is 0 Å². The minimum absolute atomic E-state index is 0.128. The van der Waals surface area contributed by atoms with Crippen molar-refractivity contribution in [1.82, 2.24) is 5.32 Å². The molecule has 3 N–H and O–H groups in total. The topological polar surface area (TPSA) is 38.0 Å². The van der Waals surface area contributed by atoms with Gasteiger partial charge < -0.3 is 11.1 Å². The average molecular weight is 196 g/mol. The average Bonchev–Trinajstić information content (AvgIpc) is 2.91. The van der Waals surface area contributed by atoms with Crippen LogP contribution in [0, 0.1) is 11.8 Å². The van der Waals surface area contributed by atoms with Crippen molar-refractivity contribution < 1.29 is 0 Å². The molecule has 2 saturated carbocycles. The third-order valence-corrected chi connectivity index (χ3v) is 3.97. The Hall–Kier alpha value is -0.0800. The Morgan fingerprint density at radius 1 is 1.36 bits per heavy atom. The molecule has 0 saturated heterocycles. The van der Waals surface area contributed by atoms with Crippen molar-refractivity contribution in [2.75, 3.05) is 13.1 Å². The molecule has 2 fully saturated rings. The molecule has 1 unspecified atom stereocenters. The molecule has 2 nitrogen and oxygen atoms in total. The van der Waals surface area contributed by atoms with E-state index < -0.39 is 0 Å². The van der Waals surface area contributed by atoms with Crippen molar-refractivity contribution in [3.63, 3.8) is 0 Å². The molecule has 1 atom stereocenters. The summed E-state index contributed by atoms with van der Waals surface area (Å²) in [5.41, 5.74) is 6.40. The number of hydrogen-bond donors (Lipinski definition) is 2. The fraction of sp³-hybridized carbons (Fsp3) is 1.00. The van der Waals surface area contributed by atoms with E-state index in [2.05, 4.69) is 12.2 Å². The predicted octanol–water partition coefficient (Wildman–Crippen LogP) is 1.89. The van der Waals surface area contributed by atoms with E-state index in [9.17, 15) is 0 Å². The molecule has 2 aliphatic rings. The maximum absolute atomic E-state index is 6.27. The van der Waals surface area contributed by atoms with Gasteiger partial charge in [-0.15, -0.1) is 0 Å². The minimum Gasteiger partial charge on any atom is -0.324 e. The first kappa shape index (κ1) is 10.4. The summed E-state index contributed by atoms with van der Waals surface area (Å²) >= 11 is 0. The lowest BCUT2D eigenvalue weighted by Gasteiger charge is -2.25. The first-order valence-corrected chi connectivity index (χ1v) is 6.19. The first-order chi connectivity index (χ1) is 6.70. The van der Waals surface area contributed by atoms with E-state index in [0.29, 0.717) is 0 Å². The highest BCUT2D eigenvalue weighted by molar-refractivity contribution is 4.91. The quantitative estimate of drug-likeness (QED) is 0.705. The zero-order chi connectivity index (χ0) is 10.0. The van der Waals surface area contributed by atoms with E-state index >= 15 is 0 Å². The highest BCUT2D eigenvalue weighted by Gasteiger charge is 2.30. The van der Waals surface area contributed by atoms with Crippen LogP contribution in [0.15, 0.2) is 0 Å². The van der Waals surface area contributed by atoms with Gasteiger partial charge in [-0.2, -0.15) is 0 Å². The maximum atomic E-state index is 6.27. The van der Waals surface area contributed by atoms with Gasteiger partial charge in [0.2, 0.25) is 0 Å². The molecule has 0 aromatic carbocycles. The first-order valence-electron chi connectivity index (χ1n) is 6.19. The van der Waals surface area contributed by atoms with Crippen molar-refractivity contribution in [2.24, 2.45) is 17.6 Å². The van der Waals surface area contributed by atoms with E-state index in [4.69, 9.17) is 5.73 Å². The van der Waals surface area contributed by atoms with Gasteiger partial charge in [0.1, 0.15) is 0 Å². The molecule has 14 heavy (non-hydrogen) atoms. The van der Waals surface area contributed by atoms with Gasteiger partial charge in [-0.3, -0.25) is 0 Å². The second kappa shape index (κ2) is 4.19. The summed E-state index contributed by atoms with van der Waals surface area (Å²) < 4.78 is 0. The summed E-state index contributed by atoms with van der Waals surface area (Å²) in [5, 5.41) is 3.56. The Balaban J connectivity index is 1.61. The van der Waals surface area contributed by atoms with Crippen LogP contribution < -0.4 is 11.1 Å². The van der Waals surface area contributed by atoms with Crippen LogP contribution in [0.3, 0.4) is 0 Å². The van der Waals surface area contributed by atoms with Gasteiger partial charge in [0.25, 0.3) is 0 Å². The number of nitrogens with one attached hydrogen (secondary N) is 1. The minimum atomic E-state index is 0.128. The van der Waals surface area contributed by atoms with Gasteiger partial charge in [0, 0.05) is 12.1 Å². The van der Waals surface area contributed by atoms with Crippen LogP contribution in [0.25, 0.3) is 0 Å². The lowest BCUT2D eigenvalue weighted by molar-refractivity contribution is 0.374. The van der Waals surface area contributed by atoms with Gasteiger partial charge in [-0.25, -0.2) is 0 Å². The Labute approximate surface area is 87.6 Å². The highest BCUT2D eigenvalue weighted by atomic mass is 14.9. The van der Waals surface area contributed by atoms with E-state index in [0.717, 1.165) is 18.4 Å². The lowest BCUT2D eigenvalue weighted by Crippen LogP contribution is -2.47. The zero-order valence-corrected chi connectivity index (χ0v) is 9.39. The smallest absolute Gasteiger partial charge is 0.0280 e. The van der Waals surface area contributed by atoms with Crippen molar-refractivity contribution in [3.8, 4) is 0 Å². The molecule has 0 aliphatic heterocycles. The zero-order valence-electron chi connectivity index (χ0n) is 9.39. The van der Waals surface area contributed by atoms with Gasteiger partial charge in [0.15, 0.2) is 0 Å². The van der Waals surface area contributed by atoms with Crippen LogP contribution in [0.5, 0.6) is 0 Å². The third kappa shape index (κ3) is 2.71. The van der Waals surface area contributed by atoms with E-state index in [-0.39, 0.29) is 5.54 Å². The Morgan fingerprint density at radius 2 is 2.00 bits per heavy atom. The maximum Gasteiger partial charge on any atom is 0.0280 e. The molecule has 0 aromatic heterocycles. The molecule has 82 valence electrons. The van der Waals surface area contributed by atoms with E-state index in [1.807, 2.05) is 0 Å². The Kier molecular flexibility index (Phi) is 3.13. The molecule has 0 aromatic rings. The summed E-state index contributed by atoms with van der Waals surface area (Å²) in [6.45, 7) is 4.57. The van der Waals surface area contributed by atoms with Crippen LogP contribution in [0.2, 0.25) is 0 Å². The largest absolute Gasteiger partial charge is 0.324 e. The monoisotopic (exact) mass is 196 g/mol. The van der Waals surface area contributed by atoms with Crippen molar-refractivity contribution in [3.05, 3.63) is 0 Å². The standard InChI is InChI=1S/C12H24N2/c1-10(11-4-5-11)8-14-9-12(13)6-2-3-7-12/h10-11,14H,2-9,13H2,1H3. The number of hydrogen-bond acceptors (Lipinski definition) is 2. The van der Waals surface area contributed by atoms with E-state index in [1.165, 1.54) is 45.1 Å². The number of nitrogens with two attached hydrogens (primary N) is 1. The van der Waals surface area contributed by atoms with E-state index in [1.54, 1.807) is 0 Å². The van der Waals surface area contributed by atoms with Crippen LogP contribution in [-0.4, -0.2) is 18.6 Å². The predicted molar refractivity (Wildman–Crippen MR) is 60.1 cm³/mol. The fourth-order valence-corrected chi connectivity index (χ4v) is 2.64. The van der Waals surface area contributed by atoms with Crippen LogP contribution in [0.4, 0.5) is 0 Å². The SMILES string of the molecule is CC(CNCC1(N)CCCC1)C1CC1. The summed E-state index contributed by atoms with van der Waals surface area (Å²) in [4.78, 5) is 0. The Morgan fingerprint density at radius 3 is 2.57 bits per heavy atom. The van der Waals surface area contributed by atoms with Gasteiger partial charge >= 0.3 is 0 Å². The molecule has 0 bridgehead atoms. The van der Waals surface area contributed by atoms with Crippen molar-refractivity contribution in [2.45, 2.75) is 51.0 Å². The number of rotatable bonds is 5. The van der Waals surface area contributed by atoms with Gasteiger partial charge in [-0.05, 0) is 44.1 Å². The lowest BCUT2D eigenvalue weighted by atomic mass is 9.98. The highest BCUT2D eigenvalue weighted by Crippen LogP contribution is 2.36. The van der Waals surface area contributed by atoms with Gasteiger partial charge in [-0.1, -0.05) is 19.8 Å². The normalized spacial score (nSPS) is 27.9. The molecule has 2 heteroatoms. The second-order valence-electron chi connectivity index (χ2n) is 5.52. The molecule has 0 heterocycles. The van der Waals surface area contributed by atoms with Crippen LogP contribution in [0.1, 0.15) is 45.4 Å². The fourth-order valence-electron chi connectivity index (χ4n) is 2.64. The molecule has 2 aliphatic carbocycles. The van der Waals surface area contributed by atoms with Crippen LogP contribution in [-0.2, 0) is 0 Å². The second-order valence-corrected chi connectivity index (χ2v) is 5.52. The third-order valence-electron chi connectivity index (χ3n) is 3.97. The molecule has 2 rings (SSSR count). The summed E-state index contributed by atoms with van der Waals surface area (Å²) in [6.07, 6.45) is 8.01. The summed E-state index contributed by atoms with van der Waals surface area (Å²) in [7, 11) is 0. The Bertz CT molecular complexity index is 181. The van der Waals surface area contributed by atoms with Crippen LogP contribution >= 0.6 is 0 Å². The molecular formula is C12H24N2. The van der Waals surface area contributed by atoms with Gasteiger partial charge in [0.05, 0.1) is 0 Å². The van der Waals surface area contributed by atoms with Crippen molar-refractivity contribution in [1.29, 1.82) is 0 Å². The molecule has 0 spiro atoms. The molecule has 0 amide bonds. The summed E-state index contributed by atoms with van der Waals surface area (Å²) in [6, 6.07) is 0.